The van der Waals surface area contributed by atoms with Crippen LogP contribution in [0.1, 0.15) is 11.1 Å². The maximum Gasteiger partial charge on any atom is 0.254 e. The predicted molar refractivity (Wildman–Crippen MR) is 81.9 cm³/mol. The van der Waals surface area contributed by atoms with Gasteiger partial charge in [-0.2, -0.15) is 0 Å². The standard InChI is InChI=1S/C16H14ClN3O/c1-12-4-2-3-5-15(12)20-10-16(18-19-20)21-11-13-6-8-14(17)9-7-13/h2-10H,11H2,1H3. The molecule has 21 heavy (non-hydrogen) atoms. The van der Waals surface area contributed by atoms with Gasteiger partial charge >= 0.3 is 0 Å². The minimum absolute atomic E-state index is 0.434. The van der Waals surface area contributed by atoms with E-state index in [0.29, 0.717) is 17.5 Å². The highest BCUT2D eigenvalue weighted by Crippen LogP contribution is 2.16. The summed E-state index contributed by atoms with van der Waals surface area (Å²) in [5, 5.41) is 8.84. The summed E-state index contributed by atoms with van der Waals surface area (Å²) in [5.74, 6) is 0.494. The molecule has 106 valence electrons. The van der Waals surface area contributed by atoms with Gasteiger partial charge in [0.1, 0.15) is 6.61 Å². The largest absolute Gasteiger partial charge is 0.471 e. The molecule has 0 amide bonds. The average Bonchev–Trinajstić information content (AvgIpc) is 2.96. The summed E-state index contributed by atoms with van der Waals surface area (Å²) in [6, 6.07) is 15.5. The molecule has 0 aliphatic rings. The number of hydrogen-bond acceptors (Lipinski definition) is 3. The Bertz CT molecular complexity index is 737. The molecule has 0 N–H and O–H groups in total. The van der Waals surface area contributed by atoms with E-state index in [0.717, 1.165) is 16.8 Å². The zero-order valence-corrected chi connectivity index (χ0v) is 12.3. The number of benzene rings is 2. The van der Waals surface area contributed by atoms with Gasteiger partial charge in [0.25, 0.3) is 5.88 Å². The van der Waals surface area contributed by atoms with Crippen molar-refractivity contribution in [2.75, 3.05) is 0 Å². The van der Waals surface area contributed by atoms with Crippen LogP contribution < -0.4 is 4.74 Å². The van der Waals surface area contributed by atoms with Crippen LogP contribution >= 0.6 is 11.6 Å². The van der Waals surface area contributed by atoms with Gasteiger partial charge < -0.3 is 4.74 Å². The fraction of sp³-hybridized carbons (Fsp3) is 0.125. The molecular formula is C16H14ClN3O. The van der Waals surface area contributed by atoms with Crippen LogP contribution in [0.15, 0.2) is 54.7 Å². The lowest BCUT2D eigenvalue weighted by molar-refractivity contribution is 0.293. The molecule has 5 heteroatoms. The molecular weight excluding hydrogens is 286 g/mol. The van der Waals surface area contributed by atoms with Crippen molar-refractivity contribution in [3.05, 3.63) is 70.9 Å². The second-order valence-electron chi connectivity index (χ2n) is 4.70. The Balaban J connectivity index is 1.71. The van der Waals surface area contributed by atoms with E-state index in [1.54, 1.807) is 10.9 Å². The van der Waals surface area contributed by atoms with Crippen LogP contribution in [0.2, 0.25) is 5.02 Å². The lowest BCUT2D eigenvalue weighted by Crippen LogP contribution is -1.97. The Morgan fingerprint density at radius 3 is 2.62 bits per heavy atom. The van der Waals surface area contributed by atoms with Crippen LogP contribution in [0.4, 0.5) is 0 Å². The van der Waals surface area contributed by atoms with Gasteiger partial charge in [0.2, 0.25) is 0 Å². The first-order valence-corrected chi connectivity index (χ1v) is 6.96. The van der Waals surface area contributed by atoms with E-state index in [9.17, 15) is 0 Å². The van der Waals surface area contributed by atoms with Crippen molar-refractivity contribution in [1.82, 2.24) is 15.0 Å². The second-order valence-corrected chi connectivity index (χ2v) is 5.14. The third-order valence-corrected chi connectivity index (χ3v) is 3.39. The number of hydrogen-bond donors (Lipinski definition) is 0. The number of halogens is 1. The molecule has 3 rings (SSSR count). The normalized spacial score (nSPS) is 10.6. The molecule has 0 unspecified atom stereocenters. The summed E-state index contributed by atoms with van der Waals surface area (Å²) in [4.78, 5) is 0. The van der Waals surface area contributed by atoms with Crippen molar-refractivity contribution in [1.29, 1.82) is 0 Å². The van der Waals surface area contributed by atoms with E-state index >= 15 is 0 Å². The third kappa shape index (κ3) is 3.23. The first-order chi connectivity index (χ1) is 10.2. The highest BCUT2D eigenvalue weighted by Gasteiger charge is 2.06. The first-order valence-electron chi connectivity index (χ1n) is 6.58. The maximum absolute atomic E-state index is 5.85. The van der Waals surface area contributed by atoms with Crippen LogP contribution in [0.3, 0.4) is 0 Å². The SMILES string of the molecule is Cc1ccccc1-n1cc(OCc2ccc(Cl)cc2)nn1. The lowest BCUT2D eigenvalue weighted by atomic mass is 10.2. The summed E-state index contributed by atoms with van der Waals surface area (Å²) >= 11 is 5.85. The molecule has 0 aliphatic heterocycles. The smallest absolute Gasteiger partial charge is 0.254 e. The van der Waals surface area contributed by atoms with Gasteiger partial charge in [0.05, 0.1) is 11.9 Å². The minimum Gasteiger partial charge on any atom is -0.471 e. The summed E-state index contributed by atoms with van der Waals surface area (Å²) in [7, 11) is 0. The molecule has 0 saturated heterocycles. The summed E-state index contributed by atoms with van der Waals surface area (Å²) in [6.45, 7) is 2.47. The Labute approximate surface area is 127 Å². The van der Waals surface area contributed by atoms with Gasteiger partial charge in [-0.15, -0.1) is 0 Å². The first kappa shape index (κ1) is 13.6. The number of aromatic nitrogens is 3. The highest BCUT2D eigenvalue weighted by molar-refractivity contribution is 6.30. The summed E-state index contributed by atoms with van der Waals surface area (Å²) < 4.78 is 7.35. The van der Waals surface area contributed by atoms with Crippen molar-refractivity contribution in [3.63, 3.8) is 0 Å². The lowest BCUT2D eigenvalue weighted by Gasteiger charge is -2.03. The molecule has 0 radical (unpaired) electrons. The molecule has 4 nitrogen and oxygen atoms in total. The van der Waals surface area contributed by atoms with E-state index < -0.39 is 0 Å². The maximum atomic E-state index is 5.85. The second kappa shape index (κ2) is 5.97. The molecule has 0 atom stereocenters. The summed E-state index contributed by atoms with van der Waals surface area (Å²) in [6.07, 6.45) is 1.78. The number of rotatable bonds is 4. The molecule has 0 saturated carbocycles. The fourth-order valence-corrected chi connectivity index (χ4v) is 2.12. The molecule has 1 heterocycles. The molecule has 1 aromatic heterocycles. The van der Waals surface area contributed by atoms with E-state index in [1.165, 1.54) is 0 Å². The van der Waals surface area contributed by atoms with Crippen molar-refractivity contribution in [2.24, 2.45) is 0 Å². The monoisotopic (exact) mass is 299 g/mol. The number of nitrogens with zero attached hydrogens (tertiary/aromatic N) is 3. The van der Waals surface area contributed by atoms with Gasteiger partial charge in [-0.05, 0) is 36.2 Å². The van der Waals surface area contributed by atoms with E-state index in [1.807, 2.05) is 55.5 Å². The van der Waals surface area contributed by atoms with E-state index in [2.05, 4.69) is 10.3 Å². The Hall–Kier alpha value is -2.33. The van der Waals surface area contributed by atoms with Crippen molar-refractivity contribution in [2.45, 2.75) is 13.5 Å². The van der Waals surface area contributed by atoms with Gasteiger partial charge in [-0.3, -0.25) is 0 Å². The molecule has 0 spiro atoms. The molecule has 0 aliphatic carbocycles. The van der Waals surface area contributed by atoms with Crippen LogP contribution in [-0.2, 0) is 6.61 Å². The zero-order chi connectivity index (χ0) is 14.7. The molecule has 2 aromatic carbocycles. The van der Waals surface area contributed by atoms with Crippen LogP contribution in [0.25, 0.3) is 5.69 Å². The fourth-order valence-electron chi connectivity index (χ4n) is 1.99. The van der Waals surface area contributed by atoms with E-state index in [-0.39, 0.29) is 0 Å². The average molecular weight is 300 g/mol. The van der Waals surface area contributed by atoms with Crippen LogP contribution in [0, 0.1) is 6.92 Å². The van der Waals surface area contributed by atoms with Crippen molar-refractivity contribution >= 4 is 11.6 Å². The predicted octanol–water partition coefficient (Wildman–Crippen LogP) is 3.81. The zero-order valence-electron chi connectivity index (χ0n) is 11.5. The van der Waals surface area contributed by atoms with Gasteiger partial charge in [0.15, 0.2) is 0 Å². The minimum atomic E-state index is 0.434. The van der Waals surface area contributed by atoms with Gasteiger partial charge in [0, 0.05) is 5.02 Å². The molecule has 3 aromatic rings. The highest BCUT2D eigenvalue weighted by atomic mass is 35.5. The number of ether oxygens (including phenoxy) is 1. The van der Waals surface area contributed by atoms with Crippen molar-refractivity contribution < 1.29 is 4.74 Å². The van der Waals surface area contributed by atoms with Crippen LogP contribution in [0.5, 0.6) is 5.88 Å². The Kier molecular flexibility index (Phi) is 3.88. The number of para-hydroxylation sites is 1. The van der Waals surface area contributed by atoms with E-state index in [4.69, 9.17) is 16.3 Å². The van der Waals surface area contributed by atoms with Crippen LogP contribution in [-0.4, -0.2) is 15.0 Å². The topological polar surface area (TPSA) is 39.9 Å². The third-order valence-electron chi connectivity index (χ3n) is 3.13. The molecule has 0 bridgehead atoms. The summed E-state index contributed by atoms with van der Waals surface area (Å²) in [5.41, 5.74) is 3.16. The quantitative estimate of drug-likeness (QED) is 0.735. The molecule has 0 fully saturated rings. The van der Waals surface area contributed by atoms with Crippen molar-refractivity contribution in [3.8, 4) is 11.6 Å². The van der Waals surface area contributed by atoms with Gasteiger partial charge in [-0.25, -0.2) is 4.68 Å². The Morgan fingerprint density at radius 1 is 1.10 bits per heavy atom. The Morgan fingerprint density at radius 2 is 1.86 bits per heavy atom. The number of aryl methyl sites for hydroxylation is 1. The van der Waals surface area contributed by atoms with Gasteiger partial charge in [-0.1, -0.05) is 52.2 Å².